The summed E-state index contributed by atoms with van der Waals surface area (Å²) in [5.41, 5.74) is -6.95. The summed E-state index contributed by atoms with van der Waals surface area (Å²) in [6, 6.07) is 7.32. The van der Waals surface area contributed by atoms with Gasteiger partial charge in [0.25, 0.3) is 11.5 Å². The molecule has 0 unspecified atom stereocenters. The molecule has 0 aliphatic heterocycles. The monoisotopic (exact) mass is 395 g/mol. The maximum Gasteiger partial charge on any atom is 0.430 e. The van der Waals surface area contributed by atoms with Crippen molar-refractivity contribution in [3.8, 4) is 0 Å². The van der Waals surface area contributed by atoms with Gasteiger partial charge in [0.1, 0.15) is 5.82 Å². The van der Waals surface area contributed by atoms with Gasteiger partial charge in [-0.05, 0) is 24.3 Å². The predicted molar refractivity (Wildman–Crippen MR) is 81.6 cm³/mol. The van der Waals surface area contributed by atoms with Crippen molar-refractivity contribution in [2.45, 2.75) is 18.0 Å². The van der Waals surface area contributed by atoms with Crippen LogP contribution in [0.2, 0.25) is 0 Å². The molecular formula is C17H12F7NO2. The standard InChI is InChI=1S/C17H12F7NO2/c1-25(14(26)12-4-2-3-5-13(12)18)11-8-6-10(7-9-11)15(27,16(19,20)21)17(22,23)24/h2-9,27H,1H3. The number of benzene rings is 2. The highest BCUT2D eigenvalue weighted by molar-refractivity contribution is 6.05. The molecule has 0 saturated carbocycles. The summed E-state index contributed by atoms with van der Waals surface area (Å²) >= 11 is 0. The lowest BCUT2D eigenvalue weighted by molar-refractivity contribution is -0.376. The lowest BCUT2D eigenvalue weighted by Gasteiger charge is -2.32. The third kappa shape index (κ3) is 3.61. The van der Waals surface area contributed by atoms with Crippen LogP contribution in [-0.2, 0) is 5.60 Å². The van der Waals surface area contributed by atoms with Crippen molar-refractivity contribution in [1.29, 1.82) is 0 Å². The third-order valence-corrected chi connectivity index (χ3v) is 3.90. The summed E-state index contributed by atoms with van der Waals surface area (Å²) in [5.74, 6) is -1.70. The molecule has 27 heavy (non-hydrogen) atoms. The first-order chi connectivity index (χ1) is 12.3. The highest BCUT2D eigenvalue weighted by Gasteiger charge is 2.71. The Labute approximate surface area is 148 Å². The predicted octanol–water partition coefficient (Wildman–Crippen LogP) is 4.41. The van der Waals surface area contributed by atoms with Crippen LogP contribution in [0.4, 0.5) is 36.4 Å². The van der Waals surface area contributed by atoms with Crippen LogP contribution >= 0.6 is 0 Å². The average molecular weight is 395 g/mol. The first-order valence-corrected chi connectivity index (χ1v) is 7.29. The number of hydrogen-bond acceptors (Lipinski definition) is 2. The molecule has 0 aliphatic carbocycles. The maximum absolute atomic E-state index is 13.7. The van der Waals surface area contributed by atoms with E-state index in [9.17, 15) is 40.6 Å². The van der Waals surface area contributed by atoms with Crippen LogP contribution in [-0.4, -0.2) is 30.4 Å². The van der Waals surface area contributed by atoms with Gasteiger partial charge in [-0.15, -0.1) is 0 Å². The van der Waals surface area contributed by atoms with E-state index in [0.717, 1.165) is 23.1 Å². The quantitative estimate of drug-likeness (QED) is 0.782. The summed E-state index contributed by atoms with van der Waals surface area (Å²) < 4.78 is 90.8. The number of halogens is 7. The van der Waals surface area contributed by atoms with Gasteiger partial charge in [0.05, 0.1) is 5.56 Å². The number of aliphatic hydroxyl groups is 1. The third-order valence-electron chi connectivity index (χ3n) is 3.90. The van der Waals surface area contributed by atoms with E-state index in [0.29, 0.717) is 12.1 Å². The van der Waals surface area contributed by atoms with Crippen LogP contribution in [0.15, 0.2) is 48.5 Å². The van der Waals surface area contributed by atoms with Crippen LogP contribution in [0, 0.1) is 5.82 Å². The van der Waals surface area contributed by atoms with Gasteiger partial charge in [-0.3, -0.25) is 4.79 Å². The maximum atomic E-state index is 13.7. The minimum Gasteiger partial charge on any atom is -0.369 e. The number of anilines is 1. The normalized spacial score (nSPS) is 12.8. The smallest absolute Gasteiger partial charge is 0.369 e. The minimum absolute atomic E-state index is 0.0984. The molecule has 1 amide bonds. The second-order valence-corrected chi connectivity index (χ2v) is 5.60. The van der Waals surface area contributed by atoms with Crippen molar-refractivity contribution in [3.63, 3.8) is 0 Å². The zero-order valence-corrected chi connectivity index (χ0v) is 13.6. The van der Waals surface area contributed by atoms with E-state index in [2.05, 4.69) is 0 Å². The summed E-state index contributed by atoms with van der Waals surface area (Å²) in [7, 11) is 1.17. The zero-order chi connectivity index (χ0) is 20.6. The number of carbonyl (C=O) groups excluding carboxylic acids is 1. The Morgan fingerprint density at radius 3 is 1.81 bits per heavy atom. The van der Waals surface area contributed by atoms with E-state index in [1.54, 1.807) is 0 Å². The van der Waals surface area contributed by atoms with Gasteiger partial charge in [-0.25, -0.2) is 4.39 Å². The molecule has 0 aliphatic rings. The highest BCUT2D eigenvalue weighted by atomic mass is 19.4. The number of carbonyl (C=O) groups is 1. The van der Waals surface area contributed by atoms with E-state index in [1.165, 1.54) is 25.2 Å². The average Bonchev–Trinajstić information content (AvgIpc) is 2.58. The van der Waals surface area contributed by atoms with Crippen molar-refractivity contribution in [2.24, 2.45) is 0 Å². The SMILES string of the molecule is CN(C(=O)c1ccccc1F)c1ccc(C(O)(C(F)(F)F)C(F)(F)F)cc1. The number of alkyl halides is 6. The Bertz CT molecular complexity index is 814. The largest absolute Gasteiger partial charge is 0.430 e. The molecule has 0 spiro atoms. The molecule has 0 bridgehead atoms. The number of nitrogens with zero attached hydrogens (tertiary/aromatic N) is 1. The molecule has 10 heteroatoms. The second-order valence-electron chi connectivity index (χ2n) is 5.60. The Morgan fingerprint density at radius 1 is 0.889 bits per heavy atom. The van der Waals surface area contributed by atoms with Crippen LogP contribution in [0.3, 0.4) is 0 Å². The topological polar surface area (TPSA) is 40.5 Å². The number of amides is 1. The molecule has 2 aromatic rings. The molecule has 2 rings (SSSR count). The molecule has 146 valence electrons. The summed E-state index contributed by atoms with van der Waals surface area (Å²) in [6.07, 6.45) is -12.0. The number of rotatable bonds is 3. The zero-order valence-electron chi connectivity index (χ0n) is 13.6. The van der Waals surface area contributed by atoms with E-state index < -0.39 is 35.2 Å². The van der Waals surface area contributed by atoms with E-state index >= 15 is 0 Å². The molecular weight excluding hydrogens is 383 g/mol. The number of hydrogen-bond donors (Lipinski definition) is 1. The fourth-order valence-corrected chi connectivity index (χ4v) is 2.35. The molecule has 0 heterocycles. The van der Waals surface area contributed by atoms with Crippen LogP contribution in [0.25, 0.3) is 0 Å². The van der Waals surface area contributed by atoms with Crippen LogP contribution in [0.5, 0.6) is 0 Å². The Kier molecular flexibility index (Phi) is 5.24. The van der Waals surface area contributed by atoms with E-state index in [1.807, 2.05) is 0 Å². The molecule has 2 aromatic carbocycles. The van der Waals surface area contributed by atoms with Gasteiger partial charge in [-0.2, -0.15) is 26.3 Å². The molecule has 0 atom stereocenters. The van der Waals surface area contributed by atoms with Gasteiger partial charge in [-0.1, -0.05) is 24.3 Å². The van der Waals surface area contributed by atoms with Crippen molar-refractivity contribution in [2.75, 3.05) is 11.9 Å². The second kappa shape index (κ2) is 6.84. The lowest BCUT2D eigenvalue weighted by atomic mass is 9.92. The van der Waals surface area contributed by atoms with Gasteiger partial charge in [0.2, 0.25) is 0 Å². The van der Waals surface area contributed by atoms with Gasteiger partial charge < -0.3 is 10.0 Å². The van der Waals surface area contributed by atoms with Crippen molar-refractivity contribution in [1.82, 2.24) is 0 Å². The first kappa shape index (κ1) is 20.7. The van der Waals surface area contributed by atoms with Crippen molar-refractivity contribution in [3.05, 3.63) is 65.5 Å². The molecule has 0 aromatic heterocycles. The summed E-state index contributed by atoms with van der Waals surface area (Å²) in [5, 5.41) is 9.33. The van der Waals surface area contributed by atoms with E-state index in [-0.39, 0.29) is 11.3 Å². The Hall–Kier alpha value is -2.62. The van der Waals surface area contributed by atoms with Crippen molar-refractivity contribution < 1.29 is 40.6 Å². The molecule has 0 radical (unpaired) electrons. The van der Waals surface area contributed by atoms with Gasteiger partial charge in [0.15, 0.2) is 0 Å². The Balaban J connectivity index is 2.39. The molecule has 1 N–H and O–H groups in total. The fourth-order valence-electron chi connectivity index (χ4n) is 2.35. The van der Waals surface area contributed by atoms with Gasteiger partial charge >= 0.3 is 12.4 Å². The fraction of sp³-hybridized carbons (Fsp3) is 0.235. The minimum atomic E-state index is -6.01. The summed E-state index contributed by atoms with van der Waals surface area (Å²) in [4.78, 5) is 13.1. The first-order valence-electron chi connectivity index (χ1n) is 7.29. The van der Waals surface area contributed by atoms with Crippen LogP contribution in [0.1, 0.15) is 15.9 Å². The van der Waals surface area contributed by atoms with E-state index in [4.69, 9.17) is 0 Å². The molecule has 0 fully saturated rings. The highest BCUT2D eigenvalue weighted by Crippen LogP contribution is 2.50. The molecule has 3 nitrogen and oxygen atoms in total. The van der Waals surface area contributed by atoms with Crippen molar-refractivity contribution >= 4 is 11.6 Å². The molecule has 0 saturated heterocycles. The Morgan fingerprint density at radius 2 is 1.37 bits per heavy atom. The van der Waals surface area contributed by atoms with Gasteiger partial charge in [0, 0.05) is 18.3 Å². The summed E-state index contributed by atoms with van der Waals surface area (Å²) in [6.45, 7) is 0. The lowest BCUT2D eigenvalue weighted by Crippen LogP contribution is -2.53. The van der Waals surface area contributed by atoms with Crippen LogP contribution < -0.4 is 4.90 Å².